The van der Waals surface area contributed by atoms with Gasteiger partial charge in [-0.1, -0.05) is 25.3 Å². The van der Waals surface area contributed by atoms with Crippen LogP contribution < -0.4 is 0 Å². The summed E-state index contributed by atoms with van der Waals surface area (Å²) in [5.74, 6) is -0.606. The SMILES string of the molecule is C=C/C=C1/C(=O)N(C)C(=O)/C1=C/C=C. The Labute approximate surface area is 82.7 Å². The van der Waals surface area contributed by atoms with Gasteiger partial charge in [-0.15, -0.1) is 0 Å². The maximum Gasteiger partial charge on any atom is 0.261 e. The Kier molecular flexibility index (Phi) is 2.82. The Hall–Kier alpha value is -1.90. The second-order valence-electron chi connectivity index (χ2n) is 2.80. The molecule has 0 aromatic carbocycles. The van der Waals surface area contributed by atoms with Crippen LogP contribution in [-0.2, 0) is 9.59 Å². The van der Waals surface area contributed by atoms with Gasteiger partial charge in [0.25, 0.3) is 11.8 Å². The Balaban J connectivity index is 3.28. The normalized spacial score (nSPS) is 22.2. The molecule has 14 heavy (non-hydrogen) atoms. The number of amides is 2. The maximum atomic E-state index is 11.5. The zero-order valence-electron chi connectivity index (χ0n) is 7.99. The van der Waals surface area contributed by atoms with Crippen LogP contribution >= 0.6 is 0 Å². The smallest absolute Gasteiger partial charge is 0.261 e. The van der Waals surface area contributed by atoms with E-state index in [-0.39, 0.29) is 11.8 Å². The van der Waals surface area contributed by atoms with Crippen LogP contribution in [0.3, 0.4) is 0 Å². The first-order chi connectivity index (χ1) is 6.63. The van der Waals surface area contributed by atoms with E-state index in [4.69, 9.17) is 0 Å². The molecular formula is C11H11NO2. The predicted octanol–water partition coefficient (Wildman–Crippen LogP) is 1.21. The van der Waals surface area contributed by atoms with Gasteiger partial charge in [-0.2, -0.15) is 0 Å². The van der Waals surface area contributed by atoms with Crippen molar-refractivity contribution in [3.8, 4) is 0 Å². The summed E-state index contributed by atoms with van der Waals surface area (Å²) in [6, 6.07) is 0. The average molecular weight is 189 g/mol. The van der Waals surface area contributed by atoms with Gasteiger partial charge in [0, 0.05) is 7.05 Å². The molecule has 1 heterocycles. The highest BCUT2D eigenvalue weighted by Crippen LogP contribution is 2.23. The van der Waals surface area contributed by atoms with E-state index in [1.807, 2.05) is 0 Å². The molecule has 1 aliphatic rings. The number of carbonyl (C=O) groups excluding carboxylic acids is 2. The minimum Gasteiger partial charge on any atom is -0.277 e. The Bertz CT molecular complexity index is 339. The average Bonchev–Trinajstić information content (AvgIpc) is 2.36. The lowest BCUT2D eigenvalue weighted by Crippen LogP contribution is -2.24. The topological polar surface area (TPSA) is 37.4 Å². The van der Waals surface area contributed by atoms with E-state index >= 15 is 0 Å². The van der Waals surface area contributed by atoms with Gasteiger partial charge in [0.1, 0.15) is 0 Å². The van der Waals surface area contributed by atoms with Gasteiger partial charge in [0.2, 0.25) is 0 Å². The highest BCUT2D eigenvalue weighted by molar-refractivity contribution is 6.24. The van der Waals surface area contributed by atoms with Crippen LogP contribution in [0, 0.1) is 0 Å². The summed E-state index contributed by atoms with van der Waals surface area (Å²) in [4.78, 5) is 24.1. The molecule has 72 valence electrons. The Morgan fingerprint density at radius 3 is 1.64 bits per heavy atom. The maximum absolute atomic E-state index is 11.5. The van der Waals surface area contributed by atoms with E-state index in [0.717, 1.165) is 4.90 Å². The number of likely N-dealkylation sites (N-methyl/N-ethyl adjacent to an activating group) is 1. The van der Waals surface area contributed by atoms with Crippen molar-refractivity contribution in [1.82, 2.24) is 4.90 Å². The Morgan fingerprint density at radius 1 is 1.00 bits per heavy atom. The van der Waals surface area contributed by atoms with Crippen molar-refractivity contribution in [3.63, 3.8) is 0 Å². The third-order valence-corrected chi connectivity index (χ3v) is 1.93. The van der Waals surface area contributed by atoms with E-state index in [0.29, 0.717) is 11.1 Å². The van der Waals surface area contributed by atoms with Crippen LogP contribution in [0.15, 0.2) is 48.6 Å². The molecule has 0 unspecified atom stereocenters. The molecule has 0 bridgehead atoms. The van der Waals surface area contributed by atoms with Crippen LogP contribution in [0.4, 0.5) is 0 Å². The molecule has 0 N–H and O–H groups in total. The number of hydrogen-bond acceptors (Lipinski definition) is 2. The summed E-state index contributed by atoms with van der Waals surface area (Å²) >= 11 is 0. The number of carbonyl (C=O) groups is 2. The third-order valence-electron chi connectivity index (χ3n) is 1.93. The molecule has 0 aliphatic carbocycles. The van der Waals surface area contributed by atoms with Crippen LogP contribution in [0.1, 0.15) is 0 Å². The number of rotatable bonds is 2. The summed E-state index contributed by atoms with van der Waals surface area (Å²) in [5, 5.41) is 0. The van der Waals surface area contributed by atoms with Gasteiger partial charge in [-0.3, -0.25) is 14.5 Å². The molecule has 0 aromatic rings. The van der Waals surface area contributed by atoms with E-state index < -0.39 is 0 Å². The predicted molar refractivity (Wildman–Crippen MR) is 54.3 cm³/mol. The third kappa shape index (κ3) is 1.44. The monoisotopic (exact) mass is 189 g/mol. The van der Waals surface area contributed by atoms with Crippen molar-refractivity contribution in [2.24, 2.45) is 0 Å². The molecule has 0 aromatic heterocycles. The molecule has 0 atom stereocenters. The zero-order chi connectivity index (χ0) is 10.7. The lowest BCUT2D eigenvalue weighted by atomic mass is 10.1. The first-order valence-corrected chi connectivity index (χ1v) is 4.11. The number of likely N-dealkylation sites (tertiary alicyclic amines) is 1. The lowest BCUT2D eigenvalue weighted by Gasteiger charge is -2.01. The van der Waals surface area contributed by atoms with Gasteiger partial charge >= 0.3 is 0 Å². The fourth-order valence-corrected chi connectivity index (χ4v) is 1.24. The van der Waals surface area contributed by atoms with Gasteiger partial charge in [0.15, 0.2) is 0 Å². The van der Waals surface area contributed by atoms with Gasteiger partial charge < -0.3 is 0 Å². The van der Waals surface area contributed by atoms with Crippen LogP contribution in [-0.4, -0.2) is 23.8 Å². The first kappa shape index (κ1) is 10.2. The number of allylic oxidation sites excluding steroid dienone is 4. The number of nitrogens with zero attached hydrogens (tertiary/aromatic N) is 1. The van der Waals surface area contributed by atoms with Crippen molar-refractivity contribution in [2.75, 3.05) is 7.05 Å². The molecule has 1 rings (SSSR count). The molecule has 1 saturated heterocycles. The summed E-state index contributed by atoms with van der Waals surface area (Å²) in [7, 11) is 1.45. The summed E-state index contributed by atoms with van der Waals surface area (Å²) < 4.78 is 0. The molecular weight excluding hydrogens is 178 g/mol. The van der Waals surface area contributed by atoms with E-state index in [9.17, 15) is 9.59 Å². The van der Waals surface area contributed by atoms with Crippen molar-refractivity contribution in [1.29, 1.82) is 0 Å². The van der Waals surface area contributed by atoms with Gasteiger partial charge in [-0.25, -0.2) is 0 Å². The van der Waals surface area contributed by atoms with Crippen LogP contribution in [0.2, 0.25) is 0 Å². The first-order valence-electron chi connectivity index (χ1n) is 4.11. The van der Waals surface area contributed by atoms with Crippen LogP contribution in [0.25, 0.3) is 0 Å². The fraction of sp³-hybridized carbons (Fsp3) is 0.0909. The van der Waals surface area contributed by atoms with Gasteiger partial charge in [0.05, 0.1) is 11.1 Å². The van der Waals surface area contributed by atoms with E-state index in [1.165, 1.54) is 31.4 Å². The summed E-state index contributed by atoms with van der Waals surface area (Å²) in [6.07, 6.45) is 6.02. The second-order valence-corrected chi connectivity index (χ2v) is 2.80. The number of hydrogen-bond donors (Lipinski definition) is 0. The van der Waals surface area contributed by atoms with E-state index in [1.54, 1.807) is 0 Å². The van der Waals surface area contributed by atoms with Crippen LogP contribution in [0.5, 0.6) is 0 Å². The highest BCUT2D eigenvalue weighted by atomic mass is 16.2. The molecule has 2 amide bonds. The Morgan fingerprint density at radius 2 is 1.36 bits per heavy atom. The lowest BCUT2D eigenvalue weighted by molar-refractivity contribution is -0.134. The standard InChI is InChI=1S/C11H11NO2/c1-4-6-8-9(7-5-2)11(14)12(3)10(8)13/h4-7H,1-2H2,3H3/b8-6+,9-7+. The molecule has 0 saturated carbocycles. The molecule has 1 fully saturated rings. The largest absolute Gasteiger partial charge is 0.277 e. The number of imide groups is 1. The van der Waals surface area contributed by atoms with Crippen molar-refractivity contribution >= 4 is 11.8 Å². The van der Waals surface area contributed by atoms with Gasteiger partial charge in [-0.05, 0) is 12.2 Å². The molecule has 0 radical (unpaired) electrons. The fourth-order valence-electron chi connectivity index (χ4n) is 1.24. The summed E-state index contributed by atoms with van der Waals surface area (Å²) in [6.45, 7) is 6.98. The second kappa shape index (κ2) is 3.87. The summed E-state index contributed by atoms with van der Waals surface area (Å²) in [5.41, 5.74) is 0.736. The zero-order valence-corrected chi connectivity index (χ0v) is 7.99. The molecule has 3 heteroatoms. The molecule has 0 spiro atoms. The van der Waals surface area contributed by atoms with E-state index in [2.05, 4.69) is 13.2 Å². The minimum absolute atomic E-state index is 0.303. The van der Waals surface area contributed by atoms with Crippen molar-refractivity contribution in [2.45, 2.75) is 0 Å². The molecule has 3 nitrogen and oxygen atoms in total. The minimum atomic E-state index is -0.303. The van der Waals surface area contributed by atoms with Crippen molar-refractivity contribution < 1.29 is 9.59 Å². The quantitative estimate of drug-likeness (QED) is 0.483. The highest BCUT2D eigenvalue weighted by Gasteiger charge is 2.35. The van der Waals surface area contributed by atoms with Crippen molar-refractivity contribution in [3.05, 3.63) is 48.6 Å². The molecule has 1 aliphatic heterocycles.